The molecule has 72 valence electrons. The molecule has 0 radical (unpaired) electrons. The molecule has 0 atom stereocenters. The third-order valence-corrected chi connectivity index (χ3v) is 2.50. The van der Waals surface area contributed by atoms with Gasteiger partial charge in [-0.05, 0) is 24.1 Å². The molecule has 1 nitrogen and oxygen atoms in total. The maximum atomic E-state index is 7.82. The van der Waals surface area contributed by atoms with E-state index in [1.54, 1.807) is 6.08 Å². The number of hydrogen-bond acceptors (Lipinski definition) is 1. The van der Waals surface area contributed by atoms with Crippen molar-refractivity contribution in [3.05, 3.63) is 58.6 Å². The van der Waals surface area contributed by atoms with E-state index in [1.165, 1.54) is 0 Å². The number of nitrogens with one attached hydrogen (secondary N) is 1. The van der Waals surface area contributed by atoms with Gasteiger partial charge >= 0.3 is 0 Å². The van der Waals surface area contributed by atoms with Crippen LogP contribution < -0.4 is 0 Å². The summed E-state index contributed by atoms with van der Waals surface area (Å²) in [4.78, 5) is 0. The van der Waals surface area contributed by atoms with Crippen molar-refractivity contribution < 1.29 is 0 Å². The molecule has 14 heavy (non-hydrogen) atoms. The van der Waals surface area contributed by atoms with Gasteiger partial charge in [-0.25, -0.2) is 0 Å². The van der Waals surface area contributed by atoms with Gasteiger partial charge in [0.2, 0.25) is 0 Å². The molecule has 0 heterocycles. The molecule has 1 N–H and O–H groups in total. The fourth-order valence-corrected chi connectivity index (χ4v) is 1.11. The van der Waals surface area contributed by atoms with Crippen LogP contribution in [0.25, 0.3) is 0 Å². The number of allylic oxidation sites excluding steroid dienone is 3. The van der Waals surface area contributed by atoms with Crippen molar-refractivity contribution in [2.75, 3.05) is 0 Å². The van der Waals surface area contributed by atoms with Crippen LogP contribution in [0, 0.1) is 5.41 Å². The first-order valence-electron chi connectivity index (χ1n) is 4.28. The molecule has 0 saturated carbocycles. The highest BCUT2D eigenvalue weighted by atomic mass is 79.9. The lowest BCUT2D eigenvalue weighted by atomic mass is 10.1. The molecular formula is C12H12BrN. The van der Waals surface area contributed by atoms with Crippen LogP contribution in [-0.2, 0) is 0 Å². The van der Waals surface area contributed by atoms with Gasteiger partial charge in [0.05, 0.1) is 5.71 Å². The third-order valence-electron chi connectivity index (χ3n) is 1.87. The normalized spacial score (nSPS) is 11.1. The Morgan fingerprint density at radius 2 is 1.93 bits per heavy atom. The minimum absolute atomic E-state index is 0.503. The lowest BCUT2D eigenvalue weighted by Crippen LogP contribution is -1.94. The Kier molecular flexibility index (Phi) is 3.84. The van der Waals surface area contributed by atoms with Gasteiger partial charge in [0.15, 0.2) is 0 Å². The van der Waals surface area contributed by atoms with Crippen LogP contribution in [0.2, 0.25) is 0 Å². The minimum Gasteiger partial charge on any atom is -0.300 e. The van der Waals surface area contributed by atoms with Gasteiger partial charge < -0.3 is 5.41 Å². The van der Waals surface area contributed by atoms with Crippen molar-refractivity contribution in [3.8, 4) is 0 Å². The standard InChI is InChI=1S/C12H12BrN/c1-9(10(2)13)8-12(14)11-6-4-3-5-7-11/h3-8,14H,2H2,1H3/b9-8-,14-12?. The molecule has 1 aromatic rings. The first-order valence-corrected chi connectivity index (χ1v) is 5.07. The average molecular weight is 250 g/mol. The number of rotatable bonds is 3. The van der Waals surface area contributed by atoms with Gasteiger partial charge in [-0.2, -0.15) is 0 Å². The summed E-state index contributed by atoms with van der Waals surface area (Å²) in [6.07, 6.45) is 1.80. The molecule has 0 bridgehead atoms. The molecule has 0 fully saturated rings. The molecule has 2 heteroatoms. The number of hydrogen-bond donors (Lipinski definition) is 1. The smallest absolute Gasteiger partial charge is 0.0615 e. The van der Waals surface area contributed by atoms with Crippen molar-refractivity contribution >= 4 is 21.6 Å². The Labute approximate surface area is 92.8 Å². The average Bonchev–Trinajstić information content (AvgIpc) is 2.19. The van der Waals surface area contributed by atoms with E-state index in [9.17, 15) is 0 Å². The van der Waals surface area contributed by atoms with E-state index >= 15 is 0 Å². The van der Waals surface area contributed by atoms with Gasteiger partial charge in [0, 0.05) is 4.48 Å². The van der Waals surface area contributed by atoms with E-state index in [0.717, 1.165) is 15.6 Å². The molecule has 0 aliphatic carbocycles. The van der Waals surface area contributed by atoms with Crippen molar-refractivity contribution in [1.82, 2.24) is 0 Å². The summed E-state index contributed by atoms with van der Waals surface area (Å²) in [6.45, 7) is 5.68. The highest BCUT2D eigenvalue weighted by Crippen LogP contribution is 2.14. The summed E-state index contributed by atoms with van der Waals surface area (Å²) in [6, 6.07) is 9.63. The maximum Gasteiger partial charge on any atom is 0.0615 e. The Bertz CT molecular complexity index is 377. The predicted octanol–water partition coefficient (Wildman–Crippen LogP) is 3.91. The molecule has 1 rings (SSSR count). The van der Waals surface area contributed by atoms with E-state index in [4.69, 9.17) is 5.41 Å². The van der Waals surface area contributed by atoms with Crippen LogP contribution in [0.1, 0.15) is 12.5 Å². The van der Waals surface area contributed by atoms with Crippen molar-refractivity contribution in [1.29, 1.82) is 5.41 Å². The SMILES string of the molecule is C=C(Br)/C(C)=C\C(=N)c1ccccc1. The highest BCUT2D eigenvalue weighted by Gasteiger charge is 1.98. The molecule has 1 aromatic carbocycles. The molecule has 0 unspecified atom stereocenters. The van der Waals surface area contributed by atoms with Gasteiger partial charge in [0.1, 0.15) is 0 Å². The summed E-state index contributed by atoms with van der Waals surface area (Å²) < 4.78 is 0.818. The fraction of sp³-hybridized carbons (Fsp3) is 0.0833. The first-order chi connectivity index (χ1) is 6.61. The van der Waals surface area contributed by atoms with Gasteiger partial charge in [-0.15, -0.1) is 0 Å². The highest BCUT2D eigenvalue weighted by molar-refractivity contribution is 9.11. The van der Waals surface area contributed by atoms with E-state index in [2.05, 4.69) is 22.5 Å². The molecule has 0 spiro atoms. The zero-order valence-corrected chi connectivity index (χ0v) is 9.64. The summed E-state index contributed by atoms with van der Waals surface area (Å²) in [5.41, 5.74) is 2.39. The summed E-state index contributed by atoms with van der Waals surface area (Å²) >= 11 is 3.28. The maximum absolute atomic E-state index is 7.82. The van der Waals surface area contributed by atoms with Crippen LogP contribution in [0.15, 0.2) is 53.0 Å². The van der Waals surface area contributed by atoms with E-state index in [1.807, 2.05) is 37.3 Å². The predicted molar refractivity (Wildman–Crippen MR) is 65.1 cm³/mol. The lowest BCUT2D eigenvalue weighted by molar-refractivity contribution is 1.46. The molecule has 0 aliphatic heterocycles. The van der Waals surface area contributed by atoms with Crippen LogP contribution in [-0.4, -0.2) is 5.71 Å². The van der Waals surface area contributed by atoms with Gasteiger partial charge in [-0.1, -0.05) is 52.8 Å². The Hall–Kier alpha value is -1.15. The summed E-state index contributed by atoms with van der Waals surface area (Å²) in [5, 5.41) is 7.82. The second-order valence-electron chi connectivity index (χ2n) is 3.01. The zero-order valence-electron chi connectivity index (χ0n) is 8.05. The Balaban J connectivity index is 2.88. The molecule has 0 saturated heterocycles. The van der Waals surface area contributed by atoms with E-state index in [-0.39, 0.29) is 0 Å². The lowest BCUT2D eigenvalue weighted by Gasteiger charge is -2.00. The first kappa shape index (κ1) is 10.9. The van der Waals surface area contributed by atoms with Crippen LogP contribution in [0.3, 0.4) is 0 Å². The zero-order chi connectivity index (χ0) is 10.6. The quantitative estimate of drug-likeness (QED) is 0.621. The largest absolute Gasteiger partial charge is 0.300 e. The molecule has 0 aromatic heterocycles. The molecule has 0 amide bonds. The van der Waals surface area contributed by atoms with Gasteiger partial charge in [-0.3, -0.25) is 0 Å². The second-order valence-corrected chi connectivity index (χ2v) is 3.97. The fourth-order valence-electron chi connectivity index (χ4n) is 0.996. The molecule has 0 aliphatic rings. The third kappa shape index (κ3) is 2.96. The van der Waals surface area contributed by atoms with Crippen LogP contribution in [0.5, 0.6) is 0 Å². The minimum atomic E-state index is 0.503. The van der Waals surface area contributed by atoms with Crippen LogP contribution >= 0.6 is 15.9 Å². The van der Waals surface area contributed by atoms with E-state index < -0.39 is 0 Å². The monoisotopic (exact) mass is 249 g/mol. The Morgan fingerprint density at radius 1 is 1.36 bits per heavy atom. The second kappa shape index (κ2) is 4.91. The van der Waals surface area contributed by atoms with E-state index in [0.29, 0.717) is 5.71 Å². The molecular weight excluding hydrogens is 238 g/mol. The summed E-state index contributed by atoms with van der Waals surface area (Å²) in [7, 11) is 0. The van der Waals surface area contributed by atoms with Crippen molar-refractivity contribution in [2.24, 2.45) is 0 Å². The number of halogens is 1. The summed E-state index contributed by atoms with van der Waals surface area (Å²) in [5.74, 6) is 0. The van der Waals surface area contributed by atoms with Gasteiger partial charge in [0.25, 0.3) is 0 Å². The Morgan fingerprint density at radius 3 is 2.43 bits per heavy atom. The topological polar surface area (TPSA) is 23.9 Å². The van der Waals surface area contributed by atoms with Crippen molar-refractivity contribution in [2.45, 2.75) is 6.92 Å². The van der Waals surface area contributed by atoms with Crippen molar-refractivity contribution in [3.63, 3.8) is 0 Å². The van der Waals surface area contributed by atoms with Crippen LogP contribution in [0.4, 0.5) is 0 Å². The number of benzene rings is 1.